The molecule has 388 valence electrons. The van der Waals surface area contributed by atoms with E-state index in [4.69, 9.17) is 33.2 Å². The molecule has 2 aromatic carbocycles. The number of rotatable bonds is 35. The standard InChI is InChI=1S/C46H68N2O18S3/c1-45(17-9-33-67(51,52)53)38-34-36(68(54,55)56)14-16-41(38)48(20-22-60-3)42(45)10-8-11-43-46(2,18-21-62-25-26-64-29-30-66-32-31-65-28-27-63-24-23-61-4)39-35-37(69(57,58)59)13-15-40(39)47(43)19-7-5-6-12-44(49)50/h8,10-11,13-16,34-35H,5-7,9,12,17-33H2,1-4H3,(H3-,49,50,51,52,53,54,55,56,57,58,59)/p-2. The van der Waals surface area contributed by atoms with Crippen molar-refractivity contribution >= 4 is 53.4 Å². The SMILES string of the molecule is COCCOCCOCCOCCOCCOCCC1(C)/C(=C\C=C\C2=[N+](CCOC)c3ccc(S(=O)(=O)[O-])cc3C2(C)CCCS(=O)(=O)[O-])N(CCCCCC(=O)O)c2ccc(S(=O)(=O)[O-])cc21. The van der Waals surface area contributed by atoms with Crippen molar-refractivity contribution in [3.05, 3.63) is 71.5 Å². The third-order valence-electron chi connectivity index (χ3n) is 12.0. The van der Waals surface area contributed by atoms with Crippen LogP contribution in [0.5, 0.6) is 0 Å². The van der Waals surface area contributed by atoms with Crippen LogP contribution in [0.3, 0.4) is 0 Å². The summed E-state index contributed by atoms with van der Waals surface area (Å²) in [5, 5.41) is 9.25. The second kappa shape index (κ2) is 27.2. The second-order valence-corrected chi connectivity index (χ2v) is 21.2. The molecule has 2 aliphatic heterocycles. The Morgan fingerprint density at radius 3 is 1.74 bits per heavy atom. The molecular weight excluding hydrogens is 965 g/mol. The van der Waals surface area contributed by atoms with E-state index < -0.39 is 62.7 Å². The molecule has 0 saturated heterocycles. The molecule has 23 heteroatoms. The van der Waals surface area contributed by atoms with Gasteiger partial charge in [-0.15, -0.1) is 0 Å². The summed E-state index contributed by atoms with van der Waals surface area (Å²) < 4.78 is 149. The molecule has 0 spiro atoms. The van der Waals surface area contributed by atoms with Crippen molar-refractivity contribution in [1.82, 2.24) is 0 Å². The van der Waals surface area contributed by atoms with Crippen LogP contribution in [-0.4, -0.2) is 173 Å². The summed E-state index contributed by atoms with van der Waals surface area (Å²) in [4.78, 5) is 12.4. The number of benzene rings is 2. The second-order valence-electron chi connectivity index (χ2n) is 16.9. The fraction of sp³-hybridized carbons (Fsp3) is 0.609. The molecule has 20 nitrogen and oxygen atoms in total. The van der Waals surface area contributed by atoms with Gasteiger partial charge in [0.15, 0.2) is 12.3 Å². The number of aliphatic carboxylic acids is 1. The molecular formula is C46H66N2O18S3-2. The van der Waals surface area contributed by atoms with Crippen molar-refractivity contribution in [3.63, 3.8) is 0 Å². The fourth-order valence-electron chi connectivity index (χ4n) is 8.52. The lowest BCUT2D eigenvalue weighted by Crippen LogP contribution is -2.33. The number of ether oxygens (including phenoxy) is 7. The van der Waals surface area contributed by atoms with Crippen molar-refractivity contribution in [1.29, 1.82) is 0 Å². The van der Waals surface area contributed by atoms with Crippen molar-refractivity contribution in [3.8, 4) is 0 Å². The molecule has 2 aliphatic rings. The fourth-order valence-corrected chi connectivity index (χ4v) is 10.0. The molecule has 0 radical (unpaired) electrons. The summed E-state index contributed by atoms with van der Waals surface area (Å²) in [6.45, 7) is 8.66. The number of hydrogen-bond donors (Lipinski definition) is 1. The average molecular weight is 1030 g/mol. The van der Waals surface area contributed by atoms with Crippen LogP contribution in [0, 0.1) is 0 Å². The maximum atomic E-state index is 12.4. The first kappa shape index (κ1) is 57.9. The van der Waals surface area contributed by atoms with Gasteiger partial charge in [-0.3, -0.25) is 4.79 Å². The first-order valence-corrected chi connectivity index (χ1v) is 27.1. The maximum absolute atomic E-state index is 12.4. The Hall–Kier alpha value is -3.69. The number of carbonyl (C=O) groups is 1. The molecule has 0 aromatic heterocycles. The van der Waals surface area contributed by atoms with Crippen LogP contribution < -0.4 is 4.90 Å². The van der Waals surface area contributed by atoms with Crippen molar-refractivity contribution in [2.45, 2.75) is 79.4 Å². The molecule has 0 saturated carbocycles. The van der Waals surface area contributed by atoms with Gasteiger partial charge in [0.1, 0.15) is 26.8 Å². The van der Waals surface area contributed by atoms with Crippen LogP contribution in [0.1, 0.15) is 69.9 Å². The minimum atomic E-state index is -4.90. The Labute approximate surface area is 406 Å². The van der Waals surface area contributed by atoms with E-state index in [0.29, 0.717) is 119 Å². The smallest absolute Gasteiger partial charge is 0.303 e. The van der Waals surface area contributed by atoms with Gasteiger partial charge in [0.05, 0.1) is 91.4 Å². The monoisotopic (exact) mass is 1030 g/mol. The van der Waals surface area contributed by atoms with Gasteiger partial charge in [0, 0.05) is 74.1 Å². The predicted molar refractivity (Wildman–Crippen MR) is 250 cm³/mol. The number of fused-ring (bicyclic) bond motifs is 2. The van der Waals surface area contributed by atoms with E-state index >= 15 is 0 Å². The zero-order chi connectivity index (χ0) is 50.7. The number of allylic oxidation sites excluding steroid dienone is 4. The molecule has 2 unspecified atom stereocenters. The third-order valence-corrected chi connectivity index (χ3v) is 14.5. The van der Waals surface area contributed by atoms with E-state index in [1.165, 1.54) is 37.4 Å². The minimum Gasteiger partial charge on any atom is -0.748 e. The third kappa shape index (κ3) is 17.3. The Bertz CT molecular complexity index is 2440. The van der Waals surface area contributed by atoms with Gasteiger partial charge in [0.2, 0.25) is 5.69 Å². The minimum absolute atomic E-state index is 0.0116. The van der Waals surface area contributed by atoms with E-state index in [0.717, 1.165) is 0 Å². The highest BCUT2D eigenvalue weighted by atomic mass is 32.2. The van der Waals surface area contributed by atoms with E-state index in [-0.39, 0.29) is 52.2 Å². The molecule has 2 aromatic rings. The molecule has 0 fully saturated rings. The van der Waals surface area contributed by atoms with Crippen molar-refractivity contribution in [2.24, 2.45) is 0 Å². The van der Waals surface area contributed by atoms with Gasteiger partial charge >= 0.3 is 5.97 Å². The summed E-state index contributed by atoms with van der Waals surface area (Å²) in [7, 11) is -11.3. The molecule has 0 aliphatic carbocycles. The van der Waals surface area contributed by atoms with Crippen molar-refractivity contribution < 1.29 is 86.5 Å². The van der Waals surface area contributed by atoms with E-state index in [1.54, 1.807) is 32.3 Å². The Morgan fingerprint density at radius 2 is 1.20 bits per heavy atom. The lowest BCUT2D eigenvalue weighted by Gasteiger charge is -2.30. The number of nitrogens with zero attached hydrogens (tertiary/aromatic N) is 2. The van der Waals surface area contributed by atoms with Crippen LogP contribution in [0.25, 0.3) is 0 Å². The summed E-state index contributed by atoms with van der Waals surface area (Å²) in [5.74, 6) is -1.59. The average Bonchev–Trinajstić information content (AvgIpc) is 3.64. The van der Waals surface area contributed by atoms with Gasteiger partial charge in [0.25, 0.3) is 0 Å². The van der Waals surface area contributed by atoms with Crippen LogP contribution in [0.4, 0.5) is 11.4 Å². The highest BCUT2D eigenvalue weighted by Crippen LogP contribution is 2.51. The predicted octanol–water partition coefficient (Wildman–Crippen LogP) is 3.81. The summed E-state index contributed by atoms with van der Waals surface area (Å²) >= 11 is 0. The molecule has 0 bridgehead atoms. The van der Waals surface area contributed by atoms with Crippen LogP contribution in [-0.2, 0) is 79.1 Å². The maximum Gasteiger partial charge on any atom is 0.303 e. The Balaban J connectivity index is 1.64. The van der Waals surface area contributed by atoms with Gasteiger partial charge in [-0.1, -0.05) is 12.5 Å². The number of carboxylic acid groups (broad SMARTS) is 1. The number of methoxy groups -OCH3 is 2. The Morgan fingerprint density at radius 1 is 0.667 bits per heavy atom. The molecule has 1 N–H and O–H groups in total. The molecule has 2 atom stereocenters. The highest BCUT2D eigenvalue weighted by molar-refractivity contribution is 7.86. The van der Waals surface area contributed by atoms with Gasteiger partial charge in [-0.25, -0.2) is 25.3 Å². The molecule has 4 rings (SSSR count). The van der Waals surface area contributed by atoms with Gasteiger partial charge in [-0.2, -0.15) is 4.58 Å². The first-order chi connectivity index (χ1) is 32.7. The van der Waals surface area contributed by atoms with Crippen LogP contribution >= 0.6 is 0 Å². The van der Waals surface area contributed by atoms with E-state index in [9.17, 15) is 48.8 Å². The van der Waals surface area contributed by atoms with Crippen LogP contribution in [0.2, 0.25) is 0 Å². The lowest BCUT2D eigenvalue weighted by atomic mass is 9.75. The Kier molecular flexibility index (Phi) is 22.8. The van der Waals surface area contributed by atoms with Gasteiger partial charge < -0.3 is 56.8 Å². The zero-order valence-corrected chi connectivity index (χ0v) is 42.2. The largest absolute Gasteiger partial charge is 0.748 e. The van der Waals surface area contributed by atoms with Gasteiger partial charge in [-0.05, 0) is 87.9 Å². The molecule has 69 heavy (non-hydrogen) atoms. The molecule has 2 heterocycles. The summed E-state index contributed by atoms with van der Waals surface area (Å²) in [6, 6.07) is 8.21. The number of unbranched alkanes of at least 4 members (excludes halogenated alkanes) is 2. The summed E-state index contributed by atoms with van der Waals surface area (Å²) in [5.41, 5.74) is 1.42. The van der Waals surface area contributed by atoms with E-state index in [2.05, 4.69) is 0 Å². The van der Waals surface area contributed by atoms with E-state index in [1.807, 2.05) is 22.5 Å². The number of anilines is 1. The first-order valence-electron chi connectivity index (χ1n) is 22.7. The zero-order valence-electron chi connectivity index (χ0n) is 39.8. The number of hydrogen-bond acceptors (Lipinski definition) is 18. The summed E-state index contributed by atoms with van der Waals surface area (Å²) in [6.07, 6.45) is 7.25. The number of carboxylic acids is 1. The van der Waals surface area contributed by atoms with Crippen molar-refractivity contribution in [2.75, 3.05) is 117 Å². The van der Waals surface area contributed by atoms with Crippen LogP contribution in [0.15, 0.2) is 70.1 Å². The topological polar surface area (TPSA) is 280 Å². The molecule has 0 amide bonds. The lowest BCUT2D eigenvalue weighted by molar-refractivity contribution is -0.441. The highest BCUT2D eigenvalue weighted by Gasteiger charge is 2.48. The normalized spacial score (nSPS) is 19.1. The quantitative estimate of drug-likeness (QED) is 0.0584.